The second-order valence-electron chi connectivity index (χ2n) is 5.44. The molecular formula is C15H24N2O2S. The number of hydrogen-bond acceptors (Lipinski definition) is 4. The quantitative estimate of drug-likeness (QED) is 0.843. The summed E-state index contributed by atoms with van der Waals surface area (Å²) >= 11 is 1.68. The van der Waals surface area contributed by atoms with Crippen LogP contribution in [-0.4, -0.2) is 41.7 Å². The van der Waals surface area contributed by atoms with Gasteiger partial charge in [0.1, 0.15) is 0 Å². The number of carbonyl (C=O) groups is 1. The van der Waals surface area contributed by atoms with Crippen molar-refractivity contribution in [3.8, 4) is 0 Å². The van der Waals surface area contributed by atoms with Crippen LogP contribution >= 0.6 is 11.3 Å². The Morgan fingerprint density at radius 3 is 3.10 bits per heavy atom. The van der Waals surface area contributed by atoms with Gasteiger partial charge < -0.3 is 10.4 Å². The minimum atomic E-state index is 0.0858. The van der Waals surface area contributed by atoms with Crippen molar-refractivity contribution in [3.63, 3.8) is 0 Å². The van der Waals surface area contributed by atoms with Gasteiger partial charge in [-0.1, -0.05) is 6.42 Å². The number of aryl methyl sites for hydroxylation is 1. The summed E-state index contributed by atoms with van der Waals surface area (Å²) in [6, 6.07) is 2.44. The molecule has 1 aromatic heterocycles. The number of likely N-dealkylation sites (tertiary alicyclic amines) is 1. The van der Waals surface area contributed by atoms with Gasteiger partial charge in [-0.3, -0.25) is 9.69 Å². The Morgan fingerprint density at radius 1 is 1.55 bits per heavy atom. The molecule has 1 unspecified atom stereocenters. The minimum Gasteiger partial charge on any atom is -0.396 e. The zero-order valence-corrected chi connectivity index (χ0v) is 12.9. The van der Waals surface area contributed by atoms with Gasteiger partial charge in [0.15, 0.2) is 0 Å². The van der Waals surface area contributed by atoms with Crippen molar-refractivity contribution >= 4 is 17.2 Å². The van der Waals surface area contributed by atoms with Crippen LogP contribution in [0.25, 0.3) is 0 Å². The summed E-state index contributed by atoms with van der Waals surface area (Å²) in [5.74, 6) is 0.0858. The van der Waals surface area contributed by atoms with Crippen LogP contribution in [0.5, 0.6) is 0 Å². The number of hydrogen-bond donors (Lipinski definition) is 2. The zero-order valence-electron chi connectivity index (χ0n) is 12.1. The minimum absolute atomic E-state index is 0.0858. The molecule has 1 amide bonds. The highest BCUT2D eigenvalue weighted by Gasteiger charge is 2.23. The molecule has 0 aromatic carbocycles. The summed E-state index contributed by atoms with van der Waals surface area (Å²) in [6.07, 6.45) is 4.23. The van der Waals surface area contributed by atoms with Crippen molar-refractivity contribution in [1.29, 1.82) is 0 Å². The Kier molecular flexibility index (Phi) is 6.01. The fraction of sp³-hybridized carbons (Fsp3) is 0.667. The molecule has 0 radical (unpaired) electrons. The Bertz CT molecular complexity index is 431. The number of piperidine rings is 1. The van der Waals surface area contributed by atoms with Gasteiger partial charge in [-0.05, 0) is 49.7 Å². The lowest BCUT2D eigenvalue weighted by molar-refractivity contribution is -0.123. The molecule has 0 bridgehead atoms. The van der Waals surface area contributed by atoms with Crippen LogP contribution in [0.15, 0.2) is 11.4 Å². The van der Waals surface area contributed by atoms with Crippen molar-refractivity contribution in [2.75, 3.05) is 19.7 Å². The highest BCUT2D eigenvalue weighted by molar-refractivity contribution is 7.10. The van der Waals surface area contributed by atoms with Crippen LogP contribution in [0.4, 0.5) is 0 Å². The first-order valence-corrected chi connectivity index (χ1v) is 8.23. The molecular weight excluding hydrogens is 272 g/mol. The lowest BCUT2D eigenvalue weighted by atomic mass is 10.00. The first-order valence-electron chi connectivity index (χ1n) is 7.35. The highest BCUT2D eigenvalue weighted by Crippen LogP contribution is 2.19. The predicted octanol–water partition coefficient (Wildman–Crippen LogP) is 1.91. The fourth-order valence-electron chi connectivity index (χ4n) is 2.75. The summed E-state index contributed by atoms with van der Waals surface area (Å²) < 4.78 is 0. The van der Waals surface area contributed by atoms with Gasteiger partial charge in [0.05, 0.1) is 13.1 Å². The van der Waals surface area contributed by atoms with Crippen molar-refractivity contribution in [2.24, 2.45) is 0 Å². The smallest absolute Gasteiger partial charge is 0.234 e. The second-order valence-corrected chi connectivity index (χ2v) is 6.44. The number of nitrogens with zero attached hydrogens (tertiary/aromatic N) is 1. The van der Waals surface area contributed by atoms with E-state index in [2.05, 4.69) is 28.6 Å². The molecule has 1 aliphatic heterocycles. The predicted molar refractivity (Wildman–Crippen MR) is 81.8 cm³/mol. The molecule has 4 nitrogen and oxygen atoms in total. The standard InChI is InChI=1S/C15H24N2O2S/c1-12-6-9-20-14(12)10-16-15(19)11-17-7-3-2-4-13(17)5-8-18/h6,9,13,18H,2-5,7-8,10-11H2,1H3,(H,16,19). The van der Waals surface area contributed by atoms with E-state index in [1.54, 1.807) is 11.3 Å². The maximum Gasteiger partial charge on any atom is 0.234 e. The van der Waals surface area contributed by atoms with Gasteiger partial charge in [0, 0.05) is 17.5 Å². The SMILES string of the molecule is Cc1ccsc1CNC(=O)CN1CCCCC1CCO. The molecule has 1 saturated heterocycles. The number of nitrogens with one attached hydrogen (secondary N) is 1. The normalized spacial score (nSPS) is 20.0. The summed E-state index contributed by atoms with van der Waals surface area (Å²) in [4.78, 5) is 15.5. The Morgan fingerprint density at radius 2 is 2.40 bits per heavy atom. The van der Waals surface area contributed by atoms with Gasteiger partial charge in [-0.15, -0.1) is 11.3 Å². The molecule has 0 saturated carbocycles. The lowest BCUT2D eigenvalue weighted by Gasteiger charge is -2.34. The van der Waals surface area contributed by atoms with Crippen LogP contribution in [-0.2, 0) is 11.3 Å². The average molecular weight is 296 g/mol. The van der Waals surface area contributed by atoms with E-state index in [1.807, 2.05) is 0 Å². The summed E-state index contributed by atoms with van der Waals surface area (Å²) in [7, 11) is 0. The van der Waals surface area contributed by atoms with E-state index < -0.39 is 0 Å². The van der Waals surface area contributed by atoms with Gasteiger partial charge >= 0.3 is 0 Å². The second kappa shape index (κ2) is 7.76. The van der Waals surface area contributed by atoms with Gasteiger partial charge in [0.25, 0.3) is 0 Å². The van der Waals surface area contributed by atoms with E-state index in [-0.39, 0.29) is 12.5 Å². The number of rotatable bonds is 6. The molecule has 112 valence electrons. The number of thiophene rings is 1. The third-order valence-corrected chi connectivity index (χ3v) is 5.00. The molecule has 1 atom stereocenters. The van der Waals surface area contributed by atoms with E-state index in [9.17, 15) is 4.79 Å². The first-order chi connectivity index (χ1) is 9.70. The van der Waals surface area contributed by atoms with Crippen molar-refractivity contribution in [1.82, 2.24) is 10.2 Å². The molecule has 2 heterocycles. The van der Waals surface area contributed by atoms with Crippen LogP contribution in [0.3, 0.4) is 0 Å². The molecule has 1 aromatic rings. The zero-order chi connectivity index (χ0) is 14.4. The molecule has 2 N–H and O–H groups in total. The van der Waals surface area contributed by atoms with E-state index in [0.717, 1.165) is 25.8 Å². The molecule has 20 heavy (non-hydrogen) atoms. The van der Waals surface area contributed by atoms with E-state index in [0.29, 0.717) is 19.1 Å². The topological polar surface area (TPSA) is 52.6 Å². The monoisotopic (exact) mass is 296 g/mol. The van der Waals surface area contributed by atoms with E-state index in [4.69, 9.17) is 5.11 Å². The van der Waals surface area contributed by atoms with Gasteiger partial charge in [-0.25, -0.2) is 0 Å². The fourth-order valence-corrected chi connectivity index (χ4v) is 3.59. The van der Waals surface area contributed by atoms with Crippen molar-refractivity contribution < 1.29 is 9.90 Å². The number of aliphatic hydroxyl groups is 1. The van der Waals surface area contributed by atoms with Crippen molar-refractivity contribution in [2.45, 2.75) is 45.2 Å². The number of aliphatic hydroxyl groups excluding tert-OH is 1. The summed E-state index contributed by atoms with van der Waals surface area (Å²) in [5.41, 5.74) is 1.24. The maximum absolute atomic E-state index is 12.1. The molecule has 0 spiro atoms. The maximum atomic E-state index is 12.1. The highest BCUT2D eigenvalue weighted by atomic mass is 32.1. The molecule has 5 heteroatoms. The van der Waals surface area contributed by atoms with Crippen LogP contribution < -0.4 is 5.32 Å². The number of carbonyl (C=O) groups excluding carboxylic acids is 1. The third kappa shape index (κ3) is 4.30. The molecule has 2 rings (SSSR count). The molecule has 1 fully saturated rings. The first kappa shape index (κ1) is 15.5. The van der Waals surface area contributed by atoms with E-state index in [1.165, 1.54) is 16.9 Å². The Labute approximate surface area is 124 Å². The average Bonchev–Trinajstić information content (AvgIpc) is 2.84. The largest absolute Gasteiger partial charge is 0.396 e. The molecule has 0 aliphatic carbocycles. The Hall–Kier alpha value is -0.910. The summed E-state index contributed by atoms with van der Waals surface area (Å²) in [5, 5.41) is 14.2. The Balaban J connectivity index is 1.79. The summed E-state index contributed by atoms with van der Waals surface area (Å²) in [6.45, 7) is 4.32. The number of amides is 1. The van der Waals surface area contributed by atoms with E-state index >= 15 is 0 Å². The van der Waals surface area contributed by atoms with Gasteiger partial charge in [0.2, 0.25) is 5.91 Å². The van der Waals surface area contributed by atoms with Gasteiger partial charge in [-0.2, -0.15) is 0 Å². The lowest BCUT2D eigenvalue weighted by Crippen LogP contribution is -2.45. The van der Waals surface area contributed by atoms with Crippen LogP contribution in [0.1, 0.15) is 36.1 Å². The molecule has 1 aliphatic rings. The van der Waals surface area contributed by atoms with Crippen LogP contribution in [0, 0.1) is 6.92 Å². The van der Waals surface area contributed by atoms with Crippen molar-refractivity contribution in [3.05, 3.63) is 21.9 Å². The third-order valence-electron chi connectivity index (χ3n) is 3.97. The van der Waals surface area contributed by atoms with Crippen LogP contribution in [0.2, 0.25) is 0 Å².